The van der Waals surface area contributed by atoms with Gasteiger partial charge in [0.05, 0.1) is 6.04 Å². The lowest BCUT2D eigenvalue weighted by Crippen LogP contribution is -2.36. The van der Waals surface area contributed by atoms with Gasteiger partial charge in [-0.2, -0.15) is 0 Å². The number of carbonyl (C=O) groups is 2. The van der Waals surface area contributed by atoms with Gasteiger partial charge >= 0.3 is 0 Å². The second kappa shape index (κ2) is 7.38. The molecule has 0 radical (unpaired) electrons. The number of hydrogen-bond donors (Lipinski definition) is 1. The van der Waals surface area contributed by atoms with Crippen LogP contribution in [0.2, 0.25) is 0 Å². The largest absolute Gasteiger partial charge is 0.454 e. The van der Waals surface area contributed by atoms with Crippen LogP contribution in [0, 0.1) is 13.8 Å². The van der Waals surface area contributed by atoms with Gasteiger partial charge in [0.1, 0.15) is 0 Å². The lowest BCUT2D eigenvalue weighted by atomic mass is 10.1. The summed E-state index contributed by atoms with van der Waals surface area (Å²) in [6, 6.07) is 11.3. The number of nitrogens with one attached hydrogen (secondary N) is 1. The fourth-order valence-corrected chi connectivity index (χ4v) is 3.39. The highest BCUT2D eigenvalue weighted by atomic mass is 16.7. The molecule has 0 aromatic heterocycles. The van der Waals surface area contributed by atoms with Crippen LogP contribution in [0.1, 0.15) is 23.1 Å². The third-order valence-corrected chi connectivity index (χ3v) is 5.10. The molecule has 0 spiro atoms. The Morgan fingerprint density at radius 3 is 2.75 bits per heavy atom. The molecule has 2 heterocycles. The van der Waals surface area contributed by atoms with Gasteiger partial charge in [0, 0.05) is 24.7 Å². The molecule has 2 aliphatic rings. The Morgan fingerprint density at radius 1 is 1.11 bits per heavy atom. The first kappa shape index (κ1) is 18.1. The summed E-state index contributed by atoms with van der Waals surface area (Å²) in [4.78, 5) is 26.4. The minimum Gasteiger partial charge on any atom is -0.454 e. The molecule has 1 N–H and O–H groups in total. The van der Waals surface area contributed by atoms with Crippen LogP contribution in [-0.2, 0) is 9.59 Å². The Kier molecular flexibility index (Phi) is 4.77. The first-order valence-corrected chi connectivity index (χ1v) is 9.25. The van der Waals surface area contributed by atoms with Gasteiger partial charge in [0.15, 0.2) is 11.5 Å². The van der Waals surface area contributed by atoms with Gasteiger partial charge in [0.2, 0.25) is 18.6 Å². The molecule has 0 saturated carbocycles. The van der Waals surface area contributed by atoms with Crippen molar-refractivity contribution in [1.82, 2.24) is 5.32 Å². The number of aryl methyl sites for hydroxylation is 2. The van der Waals surface area contributed by atoms with Crippen LogP contribution in [0.4, 0.5) is 5.69 Å². The van der Waals surface area contributed by atoms with E-state index in [9.17, 15) is 9.59 Å². The van der Waals surface area contributed by atoms with E-state index in [-0.39, 0.29) is 24.6 Å². The SMILES string of the molecule is Cc1ccc(N2C[C@H](NC(=O)/C=C\c3ccc4c(c3)OCO4)CC2=O)cc1C. The van der Waals surface area contributed by atoms with Crippen molar-refractivity contribution < 1.29 is 19.1 Å². The summed E-state index contributed by atoms with van der Waals surface area (Å²) >= 11 is 0. The molecule has 0 aliphatic carbocycles. The Bertz CT molecular complexity index is 967. The van der Waals surface area contributed by atoms with Gasteiger partial charge in [-0.25, -0.2) is 0 Å². The van der Waals surface area contributed by atoms with Crippen LogP contribution in [0.5, 0.6) is 11.5 Å². The highest BCUT2D eigenvalue weighted by Crippen LogP contribution is 2.32. The number of ether oxygens (including phenoxy) is 2. The third kappa shape index (κ3) is 3.71. The summed E-state index contributed by atoms with van der Waals surface area (Å²) in [6.45, 7) is 4.76. The van der Waals surface area contributed by atoms with E-state index in [1.165, 1.54) is 11.6 Å². The molecule has 6 heteroatoms. The van der Waals surface area contributed by atoms with Crippen molar-refractivity contribution in [2.24, 2.45) is 0 Å². The molecule has 144 valence electrons. The van der Waals surface area contributed by atoms with Crippen molar-refractivity contribution in [1.29, 1.82) is 0 Å². The van der Waals surface area contributed by atoms with E-state index in [4.69, 9.17) is 9.47 Å². The molecular formula is C22H22N2O4. The van der Waals surface area contributed by atoms with Crippen LogP contribution in [0.15, 0.2) is 42.5 Å². The normalized spacial score (nSPS) is 18.1. The van der Waals surface area contributed by atoms with Gasteiger partial charge < -0.3 is 19.7 Å². The van der Waals surface area contributed by atoms with Crippen LogP contribution >= 0.6 is 0 Å². The highest BCUT2D eigenvalue weighted by molar-refractivity contribution is 5.98. The monoisotopic (exact) mass is 378 g/mol. The molecule has 2 aliphatic heterocycles. The summed E-state index contributed by atoms with van der Waals surface area (Å²) < 4.78 is 10.6. The summed E-state index contributed by atoms with van der Waals surface area (Å²) in [5, 5.41) is 2.91. The highest BCUT2D eigenvalue weighted by Gasteiger charge is 2.31. The zero-order valence-electron chi connectivity index (χ0n) is 15.9. The summed E-state index contributed by atoms with van der Waals surface area (Å²) in [7, 11) is 0. The number of nitrogens with zero attached hydrogens (tertiary/aromatic N) is 1. The summed E-state index contributed by atoms with van der Waals surface area (Å²) in [5.41, 5.74) is 4.05. The van der Waals surface area contributed by atoms with Crippen LogP contribution < -0.4 is 19.7 Å². The van der Waals surface area contributed by atoms with Crippen molar-refractivity contribution in [3.8, 4) is 11.5 Å². The second-order valence-electron chi connectivity index (χ2n) is 7.13. The number of anilines is 1. The van der Waals surface area contributed by atoms with Crippen LogP contribution in [0.25, 0.3) is 6.08 Å². The fourth-order valence-electron chi connectivity index (χ4n) is 3.39. The second-order valence-corrected chi connectivity index (χ2v) is 7.13. The first-order valence-electron chi connectivity index (χ1n) is 9.25. The minimum atomic E-state index is -0.225. The number of rotatable bonds is 4. The van der Waals surface area contributed by atoms with E-state index in [1.807, 2.05) is 50.2 Å². The van der Waals surface area contributed by atoms with Gasteiger partial charge in [-0.1, -0.05) is 12.1 Å². The van der Waals surface area contributed by atoms with E-state index < -0.39 is 0 Å². The predicted octanol–water partition coefficient (Wildman–Crippen LogP) is 2.97. The van der Waals surface area contributed by atoms with Crippen molar-refractivity contribution in [3.63, 3.8) is 0 Å². The molecule has 1 saturated heterocycles. The quantitative estimate of drug-likeness (QED) is 0.831. The molecule has 2 aromatic rings. The maximum absolute atomic E-state index is 12.4. The summed E-state index contributed by atoms with van der Waals surface area (Å²) in [6.07, 6.45) is 3.49. The Hall–Kier alpha value is -3.28. The molecule has 0 unspecified atom stereocenters. The van der Waals surface area contributed by atoms with Crippen LogP contribution in [-0.4, -0.2) is 31.2 Å². The molecule has 0 bridgehead atoms. The van der Waals surface area contributed by atoms with Gasteiger partial charge in [-0.15, -0.1) is 0 Å². The molecule has 28 heavy (non-hydrogen) atoms. The topological polar surface area (TPSA) is 67.9 Å². The van der Waals surface area contributed by atoms with Crippen molar-refractivity contribution >= 4 is 23.6 Å². The maximum Gasteiger partial charge on any atom is 0.244 e. The van der Waals surface area contributed by atoms with E-state index in [0.717, 1.165) is 16.8 Å². The average molecular weight is 378 g/mol. The average Bonchev–Trinajstić information content (AvgIpc) is 3.28. The van der Waals surface area contributed by atoms with Crippen molar-refractivity contribution in [3.05, 3.63) is 59.2 Å². The van der Waals surface area contributed by atoms with E-state index in [2.05, 4.69) is 5.32 Å². The molecule has 1 atom stereocenters. The maximum atomic E-state index is 12.4. The Labute approximate surface area is 163 Å². The zero-order chi connectivity index (χ0) is 19.7. The van der Waals surface area contributed by atoms with E-state index >= 15 is 0 Å². The molecule has 2 aromatic carbocycles. The smallest absolute Gasteiger partial charge is 0.244 e. The number of carbonyl (C=O) groups excluding carboxylic acids is 2. The van der Waals surface area contributed by atoms with Crippen molar-refractivity contribution in [2.45, 2.75) is 26.3 Å². The zero-order valence-corrected chi connectivity index (χ0v) is 15.9. The van der Waals surface area contributed by atoms with E-state index in [1.54, 1.807) is 11.0 Å². The Morgan fingerprint density at radius 2 is 1.93 bits per heavy atom. The predicted molar refractivity (Wildman–Crippen MR) is 106 cm³/mol. The van der Waals surface area contributed by atoms with Gasteiger partial charge in [-0.05, 0) is 60.9 Å². The number of fused-ring (bicyclic) bond motifs is 1. The minimum absolute atomic E-state index is 0.0216. The van der Waals surface area contributed by atoms with Gasteiger partial charge in [0.25, 0.3) is 0 Å². The third-order valence-electron chi connectivity index (χ3n) is 5.10. The number of benzene rings is 2. The van der Waals surface area contributed by atoms with Gasteiger partial charge in [-0.3, -0.25) is 9.59 Å². The molecular weight excluding hydrogens is 356 g/mol. The molecule has 4 rings (SSSR count). The standard InChI is InChI=1S/C22H22N2O4/c1-14-3-6-18(9-15(14)2)24-12-17(11-22(24)26)23-21(25)8-5-16-4-7-19-20(10-16)28-13-27-19/h3-10,17H,11-13H2,1-2H3,(H,23,25)/b8-5-/t17-/m1/s1. The lowest BCUT2D eigenvalue weighted by Gasteiger charge is -2.18. The molecule has 6 nitrogen and oxygen atoms in total. The van der Waals surface area contributed by atoms with Crippen LogP contribution in [0.3, 0.4) is 0 Å². The fraction of sp³-hybridized carbons (Fsp3) is 0.273. The first-order chi connectivity index (χ1) is 13.5. The molecule has 2 amide bonds. The van der Waals surface area contributed by atoms with E-state index in [0.29, 0.717) is 24.5 Å². The Balaban J connectivity index is 1.37. The van der Waals surface area contributed by atoms with Crippen molar-refractivity contribution in [2.75, 3.05) is 18.2 Å². The number of amides is 2. The lowest BCUT2D eigenvalue weighted by molar-refractivity contribution is -0.117. The summed E-state index contributed by atoms with van der Waals surface area (Å²) in [5.74, 6) is 1.18. The molecule has 1 fully saturated rings. The number of hydrogen-bond acceptors (Lipinski definition) is 4.